The second-order valence-corrected chi connectivity index (χ2v) is 5.59. The zero-order valence-corrected chi connectivity index (χ0v) is 13.7. The number of likely N-dealkylation sites (tertiary alicyclic amines) is 1. The molecule has 1 heterocycles. The van der Waals surface area contributed by atoms with Gasteiger partial charge in [0.1, 0.15) is 0 Å². The zero-order valence-electron chi connectivity index (χ0n) is 13.7. The van der Waals surface area contributed by atoms with Gasteiger partial charge in [-0.05, 0) is 37.5 Å². The molecular weight excluding hydrogens is 280 g/mol. The molecule has 22 heavy (non-hydrogen) atoms. The Morgan fingerprint density at radius 3 is 2.73 bits per heavy atom. The number of carbonyl (C=O) groups excluding carboxylic acids is 1. The lowest BCUT2D eigenvalue weighted by molar-refractivity contribution is -0.137. The number of rotatable bonds is 6. The summed E-state index contributed by atoms with van der Waals surface area (Å²) in [6.45, 7) is 5.36. The van der Waals surface area contributed by atoms with E-state index in [0.29, 0.717) is 25.3 Å². The first-order valence-corrected chi connectivity index (χ1v) is 7.98. The Morgan fingerprint density at radius 1 is 1.32 bits per heavy atom. The van der Waals surface area contributed by atoms with Gasteiger partial charge in [-0.1, -0.05) is 13.0 Å². The van der Waals surface area contributed by atoms with Crippen molar-refractivity contribution in [3.63, 3.8) is 0 Å². The van der Waals surface area contributed by atoms with Gasteiger partial charge in [0.05, 0.1) is 19.8 Å². The van der Waals surface area contributed by atoms with Crippen molar-refractivity contribution in [1.82, 2.24) is 4.90 Å². The molecule has 0 radical (unpaired) electrons. The Balaban J connectivity index is 2.31. The molecular formula is C17H26N2O3. The summed E-state index contributed by atoms with van der Waals surface area (Å²) < 4.78 is 11.1. The lowest BCUT2D eigenvalue weighted by Gasteiger charge is -2.39. The van der Waals surface area contributed by atoms with Crippen LogP contribution in [0, 0.1) is 0 Å². The topological polar surface area (TPSA) is 64.8 Å². The fourth-order valence-corrected chi connectivity index (χ4v) is 2.98. The van der Waals surface area contributed by atoms with Crippen molar-refractivity contribution in [3.05, 3.63) is 23.8 Å². The van der Waals surface area contributed by atoms with Crippen molar-refractivity contribution in [2.75, 3.05) is 20.3 Å². The molecule has 2 N–H and O–H groups in total. The second-order valence-electron chi connectivity index (χ2n) is 5.59. The van der Waals surface area contributed by atoms with Gasteiger partial charge in [0.2, 0.25) is 5.91 Å². The molecule has 0 saturated carbocycles. The Morgan fingerprint density at radius 2 is 2.09 bits per heavy atom. The van der Waals surface area contributed by atoms with E-state index >= 15 is 0 Å². The van der Waals surface area contributed by atoms with Gasteiger partial charge in [0.25, 0.3) is 0 Å². The Hall–Kier alpha value is -1.75. The van der Waals surface area contributed by atoms with Gasteiger partial charge < -0.3 is 20.1 Å². The molecule has 1 amide bonds. The highest BCUT2D eigenvalue weighted by atomic mass is 16.5. The largest absolute Gasteiger partial charge is 0.493 e. The van der Waals surface area contributed by atoms with Gasteiger partial charge in [-0.2, -0.15) is 0 Å². The van der Waals surface area contributed by atoms with Crippen LogP contribution in [-0.4, -0.2) is 37.1 Å². The maximum atomic E-state index is 12.1. The fraction of sp³-hybridized carbons (Fsp3) is 0.588. The van der Waals surface area contributed by atoms with E-state index in [1.807, 2.05) is 30.0 Å². The summed E-state index contributed by atoms with van der Waals surface area (Å²) in [6.07, 6.45) is 2.19. The molecule has 2 rings (SSSR count). The highest BCUT2D eigenvalue weighted by Crippen LogP contribution is 2.36. The van der Waals surface area contributed by atoms with Crippen LogP contribution in [0.4, 0.5) is 0 Å². The van der Waals surface area contributed by atoms with E-state index in [1.165, 1.54) is 0 Å². The molecule has 1 aromatic carbocycles. The first kappa shape index (κ1) is 16.6. The number of amides is 1. The smallest absolute Gasteiger partial charge is 0.223 e. The van der Waals surface area contributed by atoms with Crippen LogP contribution >= 0.6 is 0 Å². The molecule has 0 aromatic heterocycles. The molecule has 1 aliphatic heterocycles. The average molecular weight is 306 g/mol. The number of nitrogens with zero attached hydrogens (tertiary/aromatic N) is 1. The van der Waals surface area contributed by atoms with E-state index in [1.54, 1.807) is 7.11 Å². The van der Waals surface area contributed by atoms with Gasteiger partial charge >= 0.3 is 0 Å². The van der Waals surface area contributed by atoms with E-state index in [2.05, 4.69) is 6.92 Å². The SMILES string of the molecule is CCCOc1ccc(C2C(N)CCC(=O)N2CC)cc1OC. The maximum absolute atomic E-state index is 12.1. The van der Waals surface area contributed by atoms with Crippen LogP contribution in [0.15, 0.2) is 18.2 Å². The fourth-order valence-electron chi connectivity index (χ4n) is 2.98. The third-order valence-electron chi connectivity index (χ3n) is 4.08. The first-order chi connectivity index (χ1) is 10.6. The summed E-state index contributed by atoms with van der Waals surface area (Å²) in [5.41, 5.74) is 7.29. The molecule has 5 heteroatoms. The quantitative estimate of drug-likeness (QED) is 0.877. The Kier molecular flexibility index (Phi) is 5.66. The molecule has 0 aliphatic carbocycles. The molecule has 2 atom stereocenters. The van der Waals surface area contributed by atoms with E-state index in [0.717, 1.165) is 24.2 Å². The van der Waals surface area contributed by atoms with Crippen LogP contribution in [0.5, 0.6) is 11.5 Å². The second kappa shape index (κ2) is 7.49. The molecule has 0 spiro atoms. The maximum Gasteiger partial charge on any atom is 0.223 e. The molecule has 1 fully saturated rings. The number of benzene rings is 1. The van der Waals surface area contributed by atoms with Gasteiger partial charge in [-0.15, -0.1) is 0 Å². The first-order valence-electron chi connectivity index (χ1n) is 7.98. The number of hydrogen-bond acceptors (Lipinski definition) is 4. The van der Waals surface area contributed by atoms with Gasteiger partial charge in [-0.25, -0.2) is 0 Å². The minimum absolute atomic E-state index is 0.0511. The van der Waals surface area contributed by atoms with Crippen LogP contribution in [0.2, 0.25) is 0 Å². The number of piperidine rings is 1. The van der Waals surface area contributed by atoms with Crippen molar-refractivity contribution < 1.29 is 14.3 Å². The molecule has 0 bridgehead atoms. The standard InChI is InChI=1S/C17H26N2O3/c1-4-10-22-14-8-6-12(11-15(14)21-3)17-13(18)7-9-16(20)19(17)5-2/h6,8,11,13,17H,4-5,7,9-10,18H2,1-3H3. The summed E-state index contributed by atoms with van der Waals surface area (Å²) in [7, 11) is 1.63. The third kappa shape index (κ3) is 3.35. The van der Waals surface area contributed by atoms with Crippen LogP contribution < -0.4 is 15.2 Å². The molecule has 2 unspecified atom stereocenters. The monoisotopic (exact) mass is 306 g/mol. The van der Waals surface area contributed by atoms with Crippen LogP contribution in [-0.2, 0) is 4.79 Å². The van der Waals surface area contributed by atoms with Crippen molar-refractivity contribution in [3.8, 4) is 11.5 Å². The number of hydrogen-bond donors (Lipinski definition) is 1. The Bertz CT molecular complexity index is 519. The van der Waals surface area contributed by atoms with Crippen LogP contribution in [0.25, 0.3) is 0 Å². The Labute approximate surface area is 132 Å². The van der Waals surface area contributed by atoms with Gasteiger partial charge in [-0.3, -0.25) is 4.79 Å². The van der Waals surface area contributed by atoms with E-state index in [4.69, 9.17) is 15.2 Å². The summed E-state index contributed by atoms with van der Waals surface area (Å²) in [5.74, 6) is 1.58. The van der Waals surface area contributed by atoms with Crippen molar-refractivity contribution >= 4 is 5.91 Å². The molecule has 5 nitrogen and oxygen atoms in total. The van der Waals surface area contributed by atoms with E-state index < -0.39 is 0 Å². The molecule has 1 saturated heterocycles. The number of likely N-dealkylation sites (N-methyl/N-ethyl adjacent to an activating group) is 1. The highest BCUT2D eigenvalue weighted by Gasteiger charge is 2.34. The number of methoxy groups -OCH3 is 1. The average Bonchev–Trinajstić information content (AvgIpc) is 2.54. The van der Waals surface area contributed by atoms with E-state index in [-0.39, 0.29) is 18.0 Å². The highest BCUT2D eigenvalue weighted by molar-refractivity contribution is 5.78. The normalized spacial score (nSPS) is 21.8. The lowest BCUT2D eigenvalue weighted by Crippen LogP contribution is -2.48. The van der Waals surface area contributed by atoms with Crippen LogP contribution in [0.3, 0.4) is 0 Å². The minimum Gasteiger partial charge on any atom is -0.493 e. The molecule has 1 aromatic rings. The van der Waals surface area contributed by atoms with Gasteiger partial charge in [0.15, 0.2) is 11.5 Å². The summed E-state index contributed by atoms with van der Waals surface area (Å²) >= 11 is 0. The summed E-state index contributed by atoms with van der Waals surface area (Å²) in [5, 5.41) is 0. The van der Waals surface area contributed by atoms with Gasteiger partial charge in [0, 0.05) is 19.0 Å². The van der Waals surface area contributed by atoms with Crippen molar-refractivity contribution in [1.29, 1.82) is 0 Å². The predicted molar refractivity (Wildman–Crippen MR) is 86.1 cm³/mol. The molecule has 1 aliphatic rings. The minimum atomic E-state index is -0.0969. The summed E-state index contributed by atoms with van der Waals surface area (Å²) in [6, 6.07) is 5.68. The van der Waals surface area contributed by atoms with Crippen LogP contribution in [0.1, 0.15) is 44.7 Å². The number of carbonyl (C=O) groups is 1. The van der Waals surface area contributed by atoms with Crippen molar-refractivity contribution in [2.24, 2.45) is 5.73 Å². The molecule has 122 valence electrons. The zero-order chi connectivity index (χ0) is 16.1. The summed E-state index contributed by atoms with van der Waals surface area (Å²) in [4.78, 5) is 14.0. The third-order valence-corrected chi connectivity index (χ3v) is 4.08. The predicted octanol–water partition coefficient (Wildman–Crippen LogP) is 2.49. The number of nitrogens with two attached hydrogens (primary N) is 1. The van der Waals surface area contributed by atoms with Crippen molar-refractivity contribution in [2.45, 2.75) is 45.2 Å². The lowest BCUT2D eigenvalue weighted by atomic mass is 9.90. The number of ether oxygens (including phenoxy) is 2. The van der Waals surface area contributed by atoms with E-state index in [9.17, 15) is 4.79 Å².